The molecule has 0 saturated carbocycles. The van der Waals surface area contributed by atoms with Gasteiger partial charge in [0.1, 0.15) is 0 Å². The van der Waals surface area contributed by atoms with E-state index in [1.165, 1.54) is 12.2 Å². The molecule has 0 radical (unpaired) electrons. The summed E-state index contributed by atoms with van der Waals surface area (Å²) in [5.74, 6) is 0. The third-order valence-electron chi connectivity index (χ3n) is 3.06. The summed E-state index contributed by atoms with van der Waals surface area (Å²) in [6.07, 6.45) is 2.97. The second-order valence-electron chi connectivity index (χ2n) is 4.35. The van der Waals surface area contributed by atoms with E-state index in [9.17, 15) is 0 Å². The van der Waals surface area contributed by atoms with Crippen molar-refractivity contribution in [2.45, 2.75) is 19.4 Å². The minimum atomic E-state index is 0.630. The maximum atomic E-state index is 4.18. The lowest BCUT2D eigenvalue weighted by atomic mass is 10.2. The molecule has 4 heteroatoms. The van der Waals surface area contributed by atoms with Gasteiger partial charge in [-0.1, -0.05) is 0 Å². The van der Waals surface area contributed by atoms with E-state index in [0.717, 1.165) is 26.1 Å². The topological polar surface area (TPSA) is 33.1 Å². The van der Waals surface area contributed by atoms with Crippen LogP contribution in [0.1, 0.15) is 12.6 Å². The first-order valence-corrected chi connectivity index (χ1v) is 5.68. The molecule has 0 unspecified atom stereocenters. The van der Waals surface area contributed by atoms with Crippen LogP contribution in [0.3, 0.4) is 0 Å². The Labute approximate surface area is 91.3 Å². The van der Waals surface area contributed by atoms with Gasteiger partial charge in [-0.15, -0.1) is 0 Å². The summed E-state index contributed by atoms with van der Waals surface area (Å²) in [4.78, 5) is 2.52. The molecule has 1 aliphatic heterocycles. The summed E-state index contributed by atoms with van der Waals surface area (Å²) >= 11 is 0. The molecule has 1 atom stereocenters. The Bertz CT molecular complexity index is 307. The monoisotopic (exact) mass is 208 g/mol. The Kier molecular flexibility index (Phi) is 3.38. The van der Waals surface area contributed by atoms with Crippen molar-refractivity contribution in [2.75, 3.05) is 26.2 Å². The van der Waals surface area contributed by atoms with Crippen LogP contribution < -0.4 is 5.32 Å². The Morgan fingerprint density at radius 2 is 2.47 bits per heavy atom. The lowest BCUT2D eigenvalue weighted by Crippen LogP contribution is -2.49. The van der Waals surface area contributed by atoms with Gasteiger partial charge in [0.15, 0.2) is 0 Å². The van der Waals surface area contributed by atoms with Crippen LogP contribution in [-0.4, -0.2) is 46.9 Å². The number of piperazine rings is 1. The van der Waals surface area contributed by atoms with Gasteiger partial charge in [0.05, 0.1) is 0 Å². The van der Waals surface area contributed by atoms with Crippen molar-refractivity contribution in [3.63, 3.8) is 0 Å². The van der Waals surface area contributed by atoms with E-state index in [4.69, 9.17) is 0 Å². The van der Waals surface area contributed by atoms with Crippen molar-refractivity contribution in [1.29, 1.82) is 0 Å². The molecule has 0 spiro atoms. The van der Waals surface area contributed by atoms with E-state index in [1.807, 2.05) is 17.9 Å². The fourth-order valence-corrected chi connectivity index (χ4v) is 2.13. The Balaban J connectivity index is 1.80. The maximum Gasteiger partial charge on any atom is 0.0492 e. The van der Waals surface area contributed by atoms with Crippen molar-refractivity contribution >= 4 is 0 Å². The second kappa shape index (κ2) is 4.77. The first kappa shape index (κ1) is 10.6. The van der Waals surface area contributed by atoms with E-state index in [2.05, 4.69) is 28.3 Å². The van der Waals surface area contributed by atoms with Gasteiger partial charge in [-0.05, 0) is 13.0 Å². The molecule has 4 nitrogen and oxygen atoms in total. The van der Waals surface area contributed by atoms with Gasteiger partial charge in [-0.2, -0.15) is 5.10 Å². The SMILES string of the molecule is C[C@H]1CN(CCc2ccnn2C)CCN1. The molecule has 1 fully saturated rings. The van der Waals surface area contributed by atoms with E-state index in [0.29, 0.717) is 6.04 Å². The van der Waals surface area contributed by atoms with E-state index < -0.39 is 0 Å². The van der Waals surface area contributed by atoms with Crippen LogP contribution in [0.25, 0.3) is 0 Å². The van der Waals surface area contributed by atoms with Crippen LogP contribution in [0, 0.1) is 0 Å². The summed E-state index contributed by atoms with van der Waals surface area (Å²) in [7, 11) is 2.01. The minimum Gasteiger partial charge on any atom is -0.312 e. The highest BCUT2D eigenvalue weighted by Crippen LogP contribution is 2.03. The fraction of sp³-hybridized carbons (Fsp3) is 0.727. The number of nitrogens with zero attached hydrogens (tertiary/aromatic N) is 3. The van der Waals surface area contributed by atoms with Crippen molar-refractivity contribution in [3.05, 3.63) is 18.0 Å². The highest BCUT2D eigenvalue weighted by Gasteiger charge is 2.15. The average Bonchev–Trinajstić information content (AvgIpc) is 2.61. The molecular formula is C11H20N4. The van der Waals surface area contributed by atoms with Gasteiger partial charge < -0.3 is 10.2 Å². The van der Waals surface area contributed by atoms with E-state index >= 15 is 0 Å². The average molecular weight is 208 g/mol. The lowest BCUT2D eigenvalue weighted by molar-refractivity contribution is 0.208. The molecule has 1 aliphatic rings. The third-order valence-corrected chi connectivity index (χ3v) is 3.06. The number of nitrogens with one attached hydrogen (secondary N) is 1. The van der Waals surface area contributed by atoms with Crippen molar-refractivity contribution in [3.8, 4) is 0 Å². The lowest BCUT2D eigenvalue weighted by Gasteiger charge is -2.31. The normalized spacial score (nSPS) is 23.2. The van der Waals surface area contributed by atoms with Crippen LogP contribution in [0.2, 0.25) is 0 Å². The first-order valence-electron chi connectivity index (χ1n) is 5.68. The van der Waals surface area contributed by atoms with E-state index in [-0.39, 0.29) is 0 Å². The van der Waals surface area contributed by atoms with Crippen LogP contribution in [0.5, 0.6) is 0 Å². The predicted octanol–water partition coefficient (Wildman–Crippen LogP) is 0.256. The number of hydrogen-bond acceptors (Lipinski definition) is 3. The zero-order valence-electron chi connectivity index (χ0n) is 9.61. The number of rotatable bonds is 3. The van der Waals surface area contributed by atoms with E-state index in [1.54, 1.807) is 0 Å². The molecule has 0 amide bonds. The molecule has 1 aromatic rings. The standard InChI is InChI=1S/C11H20N4/c1-10-9-15(8-6-12-10)7-4-11-3-5-13-14(11)2/h3,5,10,12H,4,6-9H2,1-2H3/t10-/m0/s1. The summed E-state index contributed by atoms with van der Waals surface area (Å²) in [5.41, 5.74) is 1.32. The number of aromatic nitrogens is 2. The molecular weight excluding hydrogens is 188 g/mol. The molecule has 84 valence electrons. The number of hydrogen-bond donors (Lipinski definition) is 1. The smallest absolute Gasteiger partial charge is 0.0492 e. The summed E-state index contributed by atoms with van der Waals surface area (Å²) < 4.78 is 1.96. The van der Waals surface area contributed by atoms with Crippen molar-refractivity contribution < 1.29 is 0 Å². The van der Waals surface area contributed by atoms with Gasteiger partial charge >= 0.3 is 0 Å². The molecule has 1 saturated heterocycles. The molecule has 2 heterocycles. The minimum absolute atomic E-state index is 0.630. The maximum absolute atomic E-state index is 4.18. The first-order chi connectivity index (χ1) is 7.25. The van der Waals surface area contributed by atoms with Gasteiger partial charge in [-0.25, -0.2) is 0 Å². The quantitative estimate of drug-likeness (QED) is 0.773. The summed E-state index contributed by atoms with van der Waals surface area (Å²) in [6.45, 7) is 6.84. The van der Waals surface area contributed by atoms with Crippen molar-refractivity contribution in [1.82, 2.24) is 20.0 Å². The Morgan fingerprint density at radius 3 is 3.13 bits per heavy atom. The van der Waals surface area contributed by atoms with Crippen molar-refractivity contribution in [2.24, 2.45) is 7.05 Å². The van der Waals surface area contributed by atoms with Gasteiger partial charge in [0, 0.05) is 57.6 Å². The molecule has 2 rings (SSSR count). The molecule has 0 bridgehead atoms. The highest BCUT2D eigenvalue weighted by atomic mass is 15.3. The van der Waals surface area contributed by atoms with Gasteiger partial charge in [0.2, 0.25) is 0 Å². The molecule has 1 N–H and O–H groups in total. The Morgan fingerprint density at radius 1 is 1.60 bits per heavy atom. The predicted molar refractivity (Wildman–Crippen MR) is 60.8 cm³/mol. The Hall–Kier alpha value is -0.870. The van der Waals surface area contributed by atoms with Crippen LogP contribution in [0.15, 0.2) is 12.3 Å². The van der Waals surface area contributed by atoms with Crippen LogP contribution in [0.4, 0.5) is 0 Å². The zero-order chi connectivity index (χ0) is 10.7. The van der Waals surface area contributed by atoms with Crippen LogP contribution in [-0.2, 0) is 13.5 Å². The molecule has 15 heavy (non-hydrogen) atoms. The number of aryl methyl sites for hydroxylation is 1. The summed E-state index contributed by atoms with van der Waals surface area (Å²) in [6, 6.07) is 2.73. The van der Waals surface area contributed by atoms with Gasteiger partial charge in [-0.3, -0.25) is 4.68 Å². The largest absolute Gasteiger partial charge is 0.312 e. The van der Waals surface area contributed by atoms with Gasteiger partial charge in [0.25, 0.3) is 0 Å². The second-order valence-corrected chi connectivity index (χ2v) is 4.35. The molecule has 0 aliphatic carbocycles. The van der Waals surface area contributed by atoms with Crippen LogP contribution >= 0.6 is 0 Å². The summed E-state index contributed by atoms with van der Waals surface area (Å²) in [5, 5.41) is 7.64. The molecule has 1 aromatic heterocycles. The third kappa shape index (κ3) is 2.79. The zero-order valence-corrected chi connectivity index (χ0v) is 9.61. The fourth-order valence-electron chi connectivity index (χ4n) is 2.13. The molecule has 0 aromatic carbocycles. The highest BCUT2D eigenvalue weighted by molar-refractivity contribution is 5.00.